The van der Waals surface area contributed by atoms with Gasteiger partial charge >= 0.3 is 5.97 Å². The van der Waals surface area contributed by atoms with Gasteiger partial charge in [-0.1, -0.05) is 56.1 Å². The van der Waals surface area contributed by atoms with Crippen molar-refractivity contribution < 1.29 is 18.3 Å². The van der Waals surface area contributed by atoms with E-state index in [0.717, 1.165) is 12.1 Å². The number of nitriles is 1. The summed E-state index contributed by atoms with van der Waals surface area (Å²) in [6.07, 6.45) is 0.346. The van der Waals surface area contributed by atoms with Gasteiger partial charge in [-0.25, -0.2) is 8.78 Å². The fourth-order valence-corrected chi connectivity index (χ4v) is 5.34. The van der Waals surface area contributed by atoms with Crippen molar-refractivity contribution in [3.63, 3.8) is 0 Å². The van der Waals surface area contributed by atoms with Gasteiger partial charge in [0.15, 0.2) is 0 Å². The Kier molecular flexibility index (Phi) is 7.58. The second-order valence-electron chi connectivity index (χ2n) is 11.3. The van der Waals surface area contributed by atoms with Crippen LogP contribution in [0.15, 0.2) is 36.4 Å². The molecule has 4 atom stereocenters. The number of esters is 1. The molecule has 1 aliphatic rings. The van der Waals surface area contributed by atoms with E-state index in [-0.39, 0.29) is 10.4 Å². The van der Waals surface area contributed by atoms with Gasteiger partial charge in [-0.2, -0.15) is 5.26 Å². The lowest BCUT2D eigenvalue weighted by Crippen LogP contribution is -2.45. The van der Waals surface area contributed by atoms with Crippen LogP contribution >= 0.6 is 23.2 Å². The molecule has 3 rings (SSSR count). The largest absolute Gasteiger partial charge is 0.459 e. The topological polar surface area (TPSA) is 62.1 Å². The Balaban J connectivity index is 2.37. The minimum absolute atomic E-state index is 0.127. The van der Waals surface area contributed by atoms with Gasteiger partial charge < -0.3 is 4.74 Å². The summed E-state index contributed by atoms with van der Waals surface area (Å²) >= 11 is 12.2. The van der Waals surface area contributed by atoms with Gasteiger partial charge in [-0.15, -0.1) is 0 Å². The van der Waals surface area contributed by atoms with E-state index in [4.69, 9.17) is 27.9 Å². The van der Waals surface area contributed by atoms with E-state index >= 15 is 8.78 Å². The molecule has 1 fully saturated rings. The molecule has 35 heavy (non-hydrogen) atoms. The van der Waals surface area contributed by atoms with Crippen LogP contribution in [0.4, 0.5) is 8.78 Å². The van der Waals surface area contributed by atoms with Crippen LogP contribution < -0.4 is 5.32 Å². The number of hydrogen-bond donors (Lipinski definition) is 1. The van der Waals surface area contributed by atoms with Crippen molar-refractivity contribution in [2.75, 3.05) is 0 Å². The van der Waals surface area contributed by atoms with E-state index in [1.807, 2.05) is 20.8 Å². The van der Waals surface area contributed by atoms with Crippen molar-refractivity contribution in [2.24, 2.45) is 5.41 Å². The molecule has 2 aromatic rings. The zero-order valence-corrected chi connectivity index (χ0v) is 22.2. The maximum absolute atomic E-state index is 15.5. The van der Waals surface area contributed by atoms with Crippen LogP contribution in [-0.4, -0.2) is 23.7 Å². The van der Waals surface area contributed by atoms with E-state index in [1.165, 1.54) is 0 Å². The molecule has 8 heteroatoms. The average molecular weight is 523 g/mol. The smallest absolute Gasteiger partial charge is 0.324 e. The van der Waals surface area contributed by atoms with Gasteiger partial charge in [0, 0.05) is 27.6 Å². The molecule has 0 bridgehead atoms. The summed E-state index contributed by atoms with van der Waals surface area (Å²) in [6.45, 7) is 11.1. The summed E-state index contributed by atoms with van der Waals surface area (Å²) in [5, 5.41) is 14.2. The Morgan fingerprint density at radius 3 is 2.17 bits per heavy atom. The monoisotopic (exact) mass is 522 g/mol. The second-order valence-corrected chi connectivity index (χ2v) is 12.1. The predicted molar refractivity (Wildman–Crippen MR) is 133 cm³/mol. The number of nitrogens with zero attached hydrogens (tertiary/aromatic N) is 1. The van der Waals surface area contributed by atoms with Crippen LogP contribution in [0.3, 0.4) is 0 Å². The van der Waals surface area contributed by atoms with Crippen LogP contribution in [-0.2, 0) is 14.9 Å². The van der Waals surface area contributed by atoms with Crippen LogP contribution in [0.5, 0.6) is 0 Å². The van der Waals surface area contributed by atoms with Gasteiger partial charge in [0.05, 0.1) is 6.07 Å². The van der Waals surface area contributed by atoms with Gasteiger partial charge in [0.2, 0.25) is 0 Å². The Morgan fingerprint density at radius 2 is 1.69 bits per heavy atom. The normalized spacial score (nSPS) is 24.8. The first-order chi connectivity index (χ1) is 16.1. The molecule has 2 aromatic carbocycles. The average Bonchev–Trinajstić information content (AvgIpc) is 2.99. The third-order valence-corrected chi connectivity index (χ3v) is 6.50. The predicted octanol–water partition coefficient (Wildman–Crippen LogP) is 6.94. The van der Waals surface area contributed by atoms with Crippen molar-refractivity contribution in [1.82, 2.24) is 5.32 Å². The lowest BCUT2D eigenvalue weighted by Gasteiger charge is -2.37. The molecule has 188 valence electrons. The van der Waals surface area contributed by atoms with Crippen LogP contribution in [0.2, 0.25) is 10.0 Å². The maximum atomic E-state index is 15.5. The molecule has 0 unspecified atom stereocenters. The lowest BCUT2D eigenvalue weighted by molar-refractivity contribution is -0.157. The van der Waals surface area contributed by atoms with Crippen molar-refractivity contribution in [3.8, 4) is 6.07 Å². The Labute approximate surface area is 215 Å². The Hall–Kier alpha value is -2.20. The van der Waals surface area contributed by atoms with E-state index in [2.05, 4.69) is 11.4 Å². The highest BCUT2D eigenvalue weighted by atomic mass is 35.5. The highest BCUT2D eigenvalue weighted by molar-refractivity contribution is 6.30. The molecule has 1 N–H and O–H groups in total. The molecular weight excluding hydrogens is 493 g/mol. The van der Waals surface area contributed by atoms with E-state index in [1.54, 1.807) is 45.0 Å². The molecule has 1 heterocycles. The van der Waals surface area contributed by atoms with E-state index in [9.17, 15) is 10.1 Å². The molecule has 1 aliphatic heterocycles. The first-order valence-electron chi connectivity index (χ1n) is 11.4. The lowest BCUT2D eigenvalue weighted by atomic mass is 9.62. The number of ether oxygens (including phenoxy) is 1. The Morgan fingerprint density at radius 1 is 1.09 bits per heavy atom. The van der Waals surface area contributed by atoms with Gasteiger partial charge in [-0.05, 0) is 62.4 Å². The van der Waals surface area contributed by atoms with Crippen LogP contribution in [0.1, 0.15) is 65.0 Å². The number of carbonyl (C=O) groups is 1. The molecule has 0 amide bonds. The number of hydrogen-bond acceptors (Lipinski definition) is 4. The summed E-state index contributed by atoms with van der Waals surface area (Å²) in [6, 6.07) is 9.02. The molecule has 0 aliphatic carbocycles. The minimum atomic E-state index is -1.81. The minimum Gasteiger partial charge on any atom is -0.459 e. The van der Waals surface area contributed by atoms with Gasteiger partial charge in [0.1, 0.15) is 28.7 Å². The standard InChI is InChI=1S/C27H30Cl2F2N2O2/c1-25(2,3)13-20-27(14-32,22-18(30)11-17(29)12-19(22)31)21(15-8-7-9-16(28)10-15)23(33-20)24(34)35-26(4,5)6/h7-12,20-21,23,33H,13H2,1-6H3/t20-,21-,23+,27-/m0/s1. The molecular formula is C27H30Cl2F2N2O2. The van der Waals surface area contributed by atoms with Crippen LogP contribution in [0, 0.1) is 28.4 Å². The molecule has 0 aromatic heterocycles. The zero-order valence-electron chi connectivity index (χ0n) is 20.7. The van der Waals surface area contributed by atoms with Gasteiger partial charge in [-0.3, -0.25) is 10.1 Å². The molecule has 4 nitrogen and oxygen atoms in total. The fraction of sp³-hybridized carbons (Fsp3) is 0.481. The SMILES string of the molecule is CC(C)(C)C[C@@H]1N[C@@H](C(=O)OC(C)(C)C)[C@H](c2cccc(Cl)c2)[C@@]1(C#N)c1c(F)cc(Cl)cc1F. The molecule has 0 saturated carbocycles. The van der Waals surface area contributed by atoms with Gasteiger partial charge in [0.25, 0.3) is 0 Å². The summed E-state index contributed by atoms with van der Waals surface area (Å²) in [5.74, 6) is -3.52. The number of carbonyl (C=O) groups excluding carboxylic acids is 1. The highest BCUT2D eigenvalue weighted by Gasteiger charge is 2.62. The Bertz CT molecular complexity index is 1140. The highest BCUT2D eigenvalue weighted by Crippen LogP contribution is 2.53. The maximum Gasteiger partial charge on any atom is 0.324 e. The molecule has 0 radical (unpaired) electrons. The quantitative estimate of drug-likeness (QED) is 0.442. The first-order valence-corrected chi connectivity index (χ1v) is 12.2. The number of nitrogens with one attached hydrogen (secondary N) is 1. The van der Waals surface area contributed by atoms with E-state index < -0.39 is 52.2 Å². The zero-order chi connectivity index (χ0) is 26.3. The van der Waals surface area contributed by atoms with Crippen molar-refractivity contribution in [1.29, 1.82) is 5.26 Å². The molecule has 0 spiro atoms. The van der Waals surface area contributed by atoms with Crippen LogP contribution in [0.25, 0.3) is 0 Å². The third-order valence-electron chi connectivity index (χ3n) is 6.04. The van der Waals surface area contributed by atoms with Crippen molar-refractivity contribution >= 4 is 29.2 Å². The molecule has 1 saturated heterocycles. The summed E-state index contributed by atoms with van der Waals surface area (Å²) in [5.41, 5.74) is -2.90. The first kappa shape index (κ1) is 27.4. The number of benzene rings is 2. The summed E-state index contributed by atoms with van der Waals surface area (Å²) in [4.78, 5) is 13.5. The van der Waals surface area contributed by atoms with Crippen molar-refractivity contribution in [2.45, 2.75) is 77.0 Å². The third kappa shape index (κ3) is 5.63. The number of halogens is 4. The second kappa shape index (κ2) is 9.69. The van der Waals surface area contributed by atoms with Crippen molar-refractivity contribution in [3.05, 3.63) is 69.2 Å². The number of rotatable bonds is 4. The summed E-state index contributed by atoms with van der Waals surface area (Å²) < 4.78 is 36.7. The fourth-order valence-electron chi connectivity index (χ4n) is 4.95. The van der Waals surface area contributed by atoms with E-state index in [0.29, 0.717) is 17.0 Å². The summed E-state index contributed by atoms with van der Waals surface area (Å²) in [7, 11) is 0.